The molecule has 0 spiro atoms. The van der Waals surface area contributed by atoms with E-state index in [1.54, 1.807) is 0 Å². The molecule has 0 saturated heterocycles. The maximum atomic E-state index is 12.1. The van der Waals surface area contributed by atoms with Gasteiger partial charge in [-0.15, -0.1) is 12.4 Å². The van der Waals surface area contributed by atoms with E-state index in [-0.39, 0.29) is 24.4 Å². The molecule has 1 amide bonds. The van der Waals surface area contributed by atoms with Crippen LogP contribution < -0.4 is 11.1 Å². The van der Waals surface area contributed by atoms with E-state index < -0.39 is 11.6 Å². The lowest BCUT2D eigenvalue weighted by Crippen LogP contribution is -2.59. The van der Waals surface area contributed by atoms with Crippen LogP contribution in [0.3, 0.4) is 0 Å². The van der Waals surface area contributed by atoms with Crippen LogP contribution in [0.2, 0.25) is 0 Å². The normalized spacial score (nSPS) is 26.8. The molecule has 4 N–H and O–H groups in total. The highest BCUT2D eigenvalue weighted by atomic mass is 35.5. The lowest BCUT2D eigenvalue weighted by Gasteiger charge is -2.37. The molecule has 0 bridgehead atoms. The summed E-state index contributed by atoms with van der Waals surface area (Å²) in [7, 11) is 0. The number of benzene rings is 1. The van der Waals surface area contributed by atoms with Gasteiger partial charge in [0.1, 0.15) is 0 Å². The monoisotopic (exact) mass is 282 g/mol. The van der Waals surface area contributed by atoms with E-state index in [4.69, 9.17) is 5.73 Å². The van der Waals surface area contributed by atoms with Gasteiger partial charge < -0.3 is 16.2 Å². The fourth-order valence-electron chi connectivity index (χ4n) is 2.82. The number of hydrogen-bond acceptors (Lipinski definition) is 3. The number of nitrogens with two attached hydrogens (primary N) is 1. The maximum absolute atomic E-state index is 12.1. The summed E-state index contributed by atoms with van der Waals surface area (Å²) in [6.45, 7) is 0. The summed E-state index contributed by atoms with van der Waals surface area (Å²) in [5.41, 5.74) is 7.41. The van der Waals surface area contributed by atoms with Gasteiger partial charge in [0, 0.05) is 6.42 Å². The molecule has 19 heavy (non-hydrogen) atoms. The van der Waals surface area contributed by atoms with Gasteiger partial charge in [0.25, 0.3) is 0 Å². The van der Waals surface area contributed by atoms with Crippen LogP contribution in [0.1, 0.15) is 36.4 Å². The Morgan fingerprint density at radius 3 is 2.68 bits per heavy atom. The van der Waals surface area contributed by atoms with Gasteiger partial charge in [0.15, 0.2) is 0 Å². The van der Waals surface area contributed by atoms with Gasteiger partial charge in [-0.1, -0.05) is 24.3 Å². The SMILES string of the molecule is Cl.NC1(C(=O)N[C@H]2c3ccccc3C[C@H]2O)CCC1. The predicted molar refractivity (Wildman–Crippen MR) is 75.1 cm³/mol. The second kappa shape index (κ2) is 5.12. The van der Waals surface area contributed by atoms with Crippen molar-refractivity contribution in [1.29, 1.82) is 0 Å². The number of fused-ring (bicyclic) bond motifs is 1. The molecule has 1 aromatic carbocycles. The molecular formula is C14H19ClN2O2. The van der Waals surface area contributed by atoms with E-state index in [2.05, 4.69) is 5.32 Å². The van der Waals surface area contributed by atoms with E-state index in [1.165, 1.54) is 0 Å². The Labute approximate surface area is 118 Å². The Morgan fingerprint density at radius 1 is 1.37 bits per heavy atom. The minimum absolute atomic E-state index is 0. The lowest BCUT2D eigenvalue weighted by molar-refractivity contribution is -0.130. The highest BCUT2D eigenvalue weighted by molar-refractivity contribution is 5.87. The van der Waals surface area contributed by atoms with Crippen LogP contribution in [0, 0.1) is 0 Å². The second-order valence-corrected chi connectivity index (χ2v) is 5.43. The van der Waals surface area contributed by atoms with Crippen molar-refractivity contribution < 1.29 is 9.90 Å². The summed E-state index contributed by atoms with van der Waals surface area (Å²) in [5.74, 6) is -0.130. The number of hydrogen-bond donors (Lipinski definition) is 3. The molecule has 0 heterocycles. The number of rotatable bonds is 2. The quantitative estimate of drug-likeness (QED) is 0.759. The third kappa shape index (κ3) is 2.36. The van der Waals surface area contributed by atoms with Crippen LogP contribution in [-0.2, 0) is 11.2 Å². The number of halogens is 1. The maximum Gasteiger partial charge on any atom is 0.240 e. The molecule has 104 valence electrons. The summed E-state index contributed by atoms with van der Waals surface area (Å²) >= 11 is 0. The van der Waals surface area contributed by atoms with Gasteiger partial charge in [0.05, 0.1) is 17.7 Å². The standard InChI is InChI=1S/C14H18N2O2.ClH/c15-14(6-3-7-14)13(18)16-12-10-5-2-1-4-9(10)8-11(12)17;/h1-2,4-5,11-12,17H,3,6-8,15H2,(H,16,18);1H/t11-,12+;/m1./s1. The number of carbonyl (C=O) groups excluding carboxylic acids is 1. The van der Waals surface area contributed by atoms with E-state index >= 15 is 0 Å². The Kier molecular flexibility index (Phi) is 3.85. The van der Waals surface area contributed by atoms with Crippen molar-refractivity contribution in [2.24, 2.45) is 5.73 Å². The molecule has 2 aliphatic carbocycles. The molecule has 4 nitrogen and oxygen atoms in total. The number of aliphatic hydroxyl groups excluding tert-OH is 1. The van der Waals surface area contributed by atoms with Crippen LogP contribution in [-0.4, -0.2) is 22.7 Å². The molecule has 5 heteroatoms. The molecule has 2 atom stereocenters. The van der Waals surface area contributed by atoms with Crippen LogP contribution in [0.5, 0.6) is 0 Å². The number of amides is 1. The van der Waals surface area contributed by atoms with Crippen molar-refractivity contribution in [3.8, 4) is 0 Å². The predicted octanol–water partition coefficient (Wildman–Crippen LogP) is 1.06. The van der Waals surface area contributed by atoms with Crippen molar-refractivity contribution in [2.75, 3.05) is 0 Å². The Bertz CT molecular complexity index is 488. The van der Waals surface area contributed by atoms with Gasteiger partial charge >= 0.3 is 0 Å². The first kappa shape index (κ1) is 14.3. The fraction of sp³-hybridized carbons (Fsp3) is 0.500. The highest BCUT2D eigenvalue weighted by Gasteiger charge is 2.42. The molecule has 1 fully saturated rings. The zero-order chi connectivity index (χ0) is 12.8. The molecular weight excluding hydrogens is 264 g/mol. The molecule has 0 unspecified atom stereocenters. The van der Waals surface area contributed by atoms with Gasteiger partial charge in [-0.05, 0) is 30.4 Å². The van der Waals surface area contributed by atoms with Gasteiger partial charge in [-0.3, -0.25) is 4.79 Å². The van der Waals surface area contributed by atoms with E-state index in [0.29, 0.717) is 6.42 Å². The van der Waals surface area contributed by atoms with Gasteiger partial charge in [0.2, 0.25) is 5.91 Å². The van der Waals surface area contributed by atoms with E-state index in [1.807, 2.05) is 24.3 Å². The number of carbonyl (C=O) groups is 1. The van der Waals surface area contributed by atoms with Crippen LogP contribution in [0.4, 0.5) is 0 Å². The Balaban J connectivity index is 0.00000133. The number of nitrogens with one attached hydrogen (secondary N) is 1. The van der Waals surface area contributed by atoms with E-state index in [0.717, 1.165) is 30.4 Å². The van der Waals surface area contributed by atoms with E-state index in [9.17, 15) is 9.90 Å². The van der Waals surface area contributed by atoms with Gasteiger partial charge in [-0.25, -0.2) is 0 Å². The topological polar surface area (TPSA) is 75.4 Å². The number of aliphatic hydroxyl groups is 1. The fourth-order valence-corrected chi connectivity index (χ4v) is 2.82. The summed E-state index contributed by atoms with van der Waals surface area (Å²) < 4.78 is 0. The molecule has 1 saturated carbocycles. The third-order valence-electron chi connectivity index (χ3n) is 4.19. The summed E-state index contributed by atoms with van der Waals surface area (Å²) in [4.78, 5) is 12.1. The molecule has 0 radical (unpaired) electrons. The summed E-state index contributed by atoms with van der Waals surface area (Å²) in [6.07, 6.45) is 2.54. The first-order valence-corrected chi connectivity index (χ1v) is 6.46. The molecule has 2 aliphatic rings. The first-order valence-electron chi connectivity index (χ1n) is 6.46. The third-order valence-corrected chi connectivity index (χ3v) is 4.19. The average molecular weight is 283 g/mol. The van der Waals surface area contributed by atoms with Crippen molar-refractivity contribution in [3.05, 3.63) is 35.4 Å². The Morgan fingerprint density at radius 2 is 2.05 bits per heavy atom. The summed E-state index contributed by atoms with van der Waals surface area (Å²) in [5, 5.41) is 13.0. The zero-order valence-electron chi connectivity index (χ0n) is 10.6. The molecule has 1 aromatic rings. The zero-order valence-corrected chi connectivity index (χ0v) is 11.5. The Hall–Kier alpha value is -1.10. The molecule has 0 aliphatic heterocycles. The van der Waals surface area contributed by atoms with Crippen LogP contribution >= 0.6 is 12.4 Å². The van der Waals surface area contributed by atoms with Crippen molar-refractivity contribution in [3.63, 3.8) is 0 Å². The summed E-state index contributed by atoms with van der Waals surface area (Å²) in [6, 6.07) is 7.52. The lowest BCUT2D eigenvalue weighted by atomic mass is 9.77. The van der Waals surface area contributed by atoms with Crippen LogP contribution in [0.15, 0.2) is 24.3 Å². The molecule has 3 rings (SSSR count). The molecule has 0 aromatic heterocycles. The second-order valence-electron chi connectivity index (χ2n) is 5.43. The average Bonchev–Trinajstić information content (AvgIpc) is 2.63. The van der Waals surface area contributed by atoms with Crippen LogP contribution in [0.25, 0.3) is 0 Å². The minimum atomic E-state index is -0.711. The highest BCUT2D eigenvalue weighted by Crippen LogP contribution is 2.34. The largest absolute Gasteiger partial charge is 0.390 e. The minimum Gasteiger partial charge on any atom is -0.390 e. The van der Waals surface area contributed by atoms with Crippen molar-refractivity contribution >= 4 is 18.3 Å². The van der Waals surface area contributed by atoms with Crippen molar-refractivity contribution in [1.82, 2.24) is 5.32 Å². The first-order chi connectivity index (χ1) is 8.60. The smallest absolute Gasteiger partial charge is 0.240 e. The van der Waals surface area contributed by atoms with Gasteiger partial charge in [-0.2, -0.15) is 0 Å². The van der Waals surface area contributed by atoms with Crippen molar-refractivity contribution in [2.45, 2.75) is 43.4 Å².